The summed E-state index contributed by atoms with van der Waals surface area (Å²) in [5.41, 5.74) is 0. The van der Waals surface area contributed by atoms with Gasteiger partial charge in [0.15, 0.2) is 0 Å². The van der Waals surface area contributed by atoms with E-state index in [1.807, 2.05) is 0 Å². The Kier molecular flexibility index (Phi) is 19.6. The van der Waals surface area contributed by atoms with Crippen LogP contribution in [0.1, 0.15) is 116 Å². The van der Waals surface area contributed by atoms with Crippen LogP contribution >= 0.6 is 0 Å². The fourth-order valence-corrected chi connectivity index (χ4v) is 2.44. The second-order valence-corrected chi connectivity index (χ2v) is 6.97. The lowest BCUT2D eigenvalue weighted by Gasteiger charge is -2.00. The van der Waals surface area contributed by atoms with Crippen LogP contribution in [0.3, 0.4) is 0 Å². The number of allylic oxidation sites excluding steroid dienone is 2. The van der Waals surface area contributed by atoms with E-state index in [2.05, 4.69) is 23.8 Å². The van der Waals surface area contributed by atoms with Crippen LogP contribution in [0.2, 0.25) is 0 Å². The Morgan fingerprint density at radius 1 is 0.750 bits per heavy atom. The van der Waals surface area contributed by atoms with Crippen molar-refractivity contribution >= 4 is 5.97 Å². The lowest BCUT2D eigenvalue weighted by molar-refractivity contribution is -0.140. The zero-order valence-corrected chi connectivity index (χ0v) is 16.5. The van der Waals surface area contributed by atoms with Crippen molar-refractivity contribution in [3.63, 3.8) is 0 Å². The molecule has 0 aromatic heterocycles. The van der Waals surface area contributed by atoms with Crippen molar-refractivity contribution in [2.24, 2.45) is 0 Å². The highest BCUT2D eigenvalue weighted by atomic mass is 16.5. The van der Waals surface area contributed by atoms with Gasteiger partial charge in [0.2, 0.25) is 0 Å². The molecule has 2 nitrogen and oxygen atoms in total. The molecule has 0 atom stereocenters. The fraction of sp³-hybridized carbons (Fsp3) is 0.864. The van der Waals surface area contributed by atoms with E-state index < -0.39 is 0 Å². The smallest absolute Gasteiger partial charge is 0.305 e. The minimum Gasteiger partial charge on any atom is -0.469 e. The summed E-state index contributed by atoms with van der Waals surface area (Å²) in [6.45, 7) is 2.27. The molecule has 0 aromatic rings. The first-order chi connectivity index (χ1) is 11.8. The lowest BCUT2D eigenvalue weighted by atomic mass is 10.1. The van der Waals surface area contributed by atoms with Gasteiger partial charge >= 0.3 is 5.97 Å². The van der Waals surface area contributed by atoms with Crippen molar-refractivity contribution in [2.75, 3.05) is 7.11 Å². The predicted octanol–water partition coefficient (Wildman–Crippen LogP) is 7.37. The minimum atomic E-state index is -0.0763. The molecule has 0 radical (unpaired) electrons. The van der Waals surface area contributed by atoms with Gasteiger partial charge in [0, 0.05) is 6.42 Å². The molecule has 0 amide bonds. The summed E-state index contributed by atoms with van der Waals surface area (Å²) in [6, 6.07) is 0. The number of carbonyl (C=O) groups is 1. The minimum absolute atomic E-state index is 0.0763. The van der Waals surface area contributed by atoms with Gasteiger partial charge in [-0.25, -0.2) is 0 Å². The number of carbonyl (C=O) groups excluding carboxylic acids is 1. The molecule has 0 heterocycles. The van der Waals surface area contributed by atoms with E-state index >= 15 is 0 Å². The number of hydrogen-bond acceptors (Lipinski definition) is 2. The monoisotopic (exact) mass is 338 g/mol. The second-order valence-electron chi connectivity index (χ2n) is 6.97. The van der Waals surface area contributed by atoms with Crippen molar-refractivity contribution in [3.05, 3.63) is 12.2 Å². The summed E-state index contributed by atoms with van der Waals surface area (Å²) >= 11 is 0. The highest BCUT2D eigenvalue weighted by Crippen LogP contribution is 2.15. The molecule has 1 rings (SSSR count). The summed E-state index contributed by atoms with van der Waals surface area (Å²) < 4.78 is 4.62. The van der Waals surface area contributed by atoms with Crippen molar-refractivity contribution < 1.29 is 9.53 Å². The molecule has 0 spiro atoms. The van der Waals surface area contributed by atoms with Gasteiger partial charge in [0.25, 0.3) is 0 Å². The molecule has 0 saturated heterocycles. The Labute approximate surface area is 151 Å². The van der Waals surface area contributed by atoms with Crippen LogP contribution in [0, 0.1) is 0 Å². The molecular weight excluding hydrogens is 296 g/mol. The van der Waals surface area contributed by atoms with Gasteiger partial charge in [-0.1, -0.05) is 89.7 Å². The second kappa shape index (κ2) is 20.3. The van der Waals surface area contributed by atoms with Crippen molar-refractivity contribution in [3.8, 4) is 0 Å². The first-order valence-electron chi connectivity index (χ1n) is 10.5. The molecule has 1 aliphatic carbocycles. The van der Waals surface area contributed by atoms with Gasteiger partial charge in [-0.05, 0) is 32.1 Å². The van der Waals surface area contributed by atoms with Gasteiger partial charge in [-0.15, -0.1) is 0 Å². The van der Waals surface area contributed by atoms with Crippen molar-refractivity contribution in [2.45, 2.75) is 116 Å². The number of methoxy groups -OCH3 is 1. The molecule has 1 saturated carbocycles. The average Bonchev–Trinajstić information content (AvgIpc) is 3.47. The zero-order valence-electron chi connectivity index (χ0n) is 16.5. The maximum absolute atomic E-state index is 10.9. The first-order valence-corrected chi connectivity index (χ1v) is 10.5. The largest absolute Gasteiger partial charge is 0.469 e. The van der Waals surface area contributed by atoms with E-state index in [-0.39, 0.29) is 5.97 Å². The van der Waals surface area contributed by atoms with Crippen LogP contribution in [-0.2, 0) is 9.53 Å². The third-order valence-corrected chi connectivity index (χ3v) is 4.22. The predicted molar refractivity (Wildman–Crippen MR) is 105 cm³/mol. The number of rotatable bonds is 15. The highest BCUT2D eigenvalue weighted by molar-refractivity contribution is 5.68. The lowest BCUT2D eigenvalue weighted by Crippen LogP contribution is -1.98. The number of hydrogen-bond donors (Lipinski definition) is 0. The van der Waals surface area contributed by atoms with Gasteiger partial charge in [0.05, 0.1) is 7.11 Å². The molecule has 2 heteroatoms. The van der Waals surface area contributed by atoms with E-state index in [1.165, 1.54) is 97.0 Å². The Morgan fingerprint density at radius 3 is 1.67 bits per heavy atom. The molecule has 0 N–H and O–H groups in total. The molecule has 1 fully saturated rings. The molecule has 0 aliphatic heterocycles. The fourth-order valence-electron chi connectivity index (χ4n) is 2.44. The summed E-state index contributed by atoms with van der Waals surface area (Å²) in [4.78, 5) is 10.9. The Balaban J connectivity index is 0.00000157. The third-order valence-electron chi connectivity index (χ3n) is 4.22. The number of ether oxygens (including phenoxy) is 1. The number of unbranched alkanes of at least 4 members (excludes halogenated alkanes) is 11. The average molecular weight is 339 g/mol. The standard InChI is InChI=1S/C19H36O2.C3H6/c1-3-4-5-6-7-8-9-10-11-12-13-14-15-16-17-18-19(20)21-2;1-2-3-1/h10-11H,3-9,12-18H2,1-2H3;1-3H2/b11-10-;. The van der Waals surface area contributed by atoms with Crippen LogP contribution in [0.25, 0.3) is 0 Å². The molecule has 0 aromatic carbocycles. The first kappa shape index (κ1) is 23.2. The van der Waals surface area contributed by atoms with E-state index in [0.29, 0.717) is 6.42 Å². The van der Waals surface area contributed by atoms with Gasteiger partial charge in [-0.2, -0.15) is 0 Å². The normalized spacial score (nSPS) is 12.8. The van der Waals surface area contributed by atoms with E-state index in [9.17, 15) is 4.79 Å². The summed E-state index contributed by atoms with van der Waals surface area (Å²) in [5, 5.41) is 0. The maximum atomic E-state index is 10.9. The van der Waals surface area contributed by atoms with Crippen LogP contribution in [0.4, 0.5) is 0 Å². The van der Waals surface area contributed by atoms with Gasteiger partial charge < -0.3 is 4.74 Å². The molecular formula is C22H42O2. The van der Waals surface area contributed by atoms with Crippen LogP contribution < -0.4 is 0 Å². The Morgan fingerprint density at radius 2 is 1.21 bits per heavy atom. The van der Waals surface area contributed by atoms with E-state index in [0.717, 1.165) is 12.8 Å². The molecule has 24 heavy (non-hydrogen) atoms. The van der Waals surface area contributed by atoms with E-state index in [4.69, 9.17) is 0 Å². The zero-order chi connectivity index (χ0) is 17.7. The molecule has 0 unspecified atom stereocenters. The Hall–Kier alpha value is -0.790. The topological polar surface area (TPSA) is 26.3 Å². The SMILES string of the molecule is C1CC1.CCCCCCCC/C=C\CCCCCCCC(=O)OC. The van der Waals surface area contributed by atoms with Gasteiger partial charge in [0.1, 0.15) is 0 Å². The molecule has 142 valence electrons. The van der Waals surface area contributed by atoms with Gasteiger partial charge in [-0.3, -0.25) is 4.79 Å². The van der Waals surface area contributed by atoms with Crippen LogP contribution in [0.5, 0.6) is 0 Å². The quantitative estimate of drug-likeness (QED) is 0.177. The van der Waals surface area contributed by atoms with Crippen molar-refractivity contribution in [1.29, 1.82) is 0 Å². The third kappa shape index (κ3) is 23.5. The highest BCUT2D eigenvalue weighted by Gasteiger charge is 1.98. The summed E-state index contributed by atoms with van der Waals surface area (Å²) in [5.74, 6) is -0.0763. The van der Waals surface area contributed by atoms with Crippen LogP contribution in [-0.4, -0.2) is 13.1 Å². The number of esters is 1. The van der Waals surface area contributed by atoms with Crippen LogP contribution in [0.15, 0.2) is 12.2 Å². The summed E-state index contributed by atoms with van der Waals surface area (Å²) in [6.07, 6.45) is 26.5. The van der Waals surface area contributed by atoms with Crippen molar-refractivity contribution in [1.82, 2.24) is 0 Å². The Bertz CT molecular complexity index is 279. The molecule has 0 bridgehead atoms. The molecule has 1 aliphatic rings. The summed E-state index contributed by atoms with van der Waals surface area (Å²) in [7, 11) is 1.46. The van der Waals surface area contributed by atoms with E-state index in [1.54, 1.807) is 0 Å². The maximum Gasteiger partial charge on any atom is 0.305 e.